The number of aliphatic hydroxyl groups is 8. The van der Waals surface area contributed by atoms with E-state index in [0.29, 0.717) is 0 Å². The standard InChI is InChI=1S/C13H22O12/c14-1-4(16)7(19)9(21)8(20)6(18)3-24-12-10(22)13(23)25-11(12)5(17)2-15/h4-9,11-12,14-21H,1-3H2/t4-,5+,6+,7+,8+,9+,11+,12?/m0/s1. The summed E-state index contributed by atoms with van der Waals surface area (Å²) < 4.78 is 9.49. The van der Waals surface area contributed by atoms with Gasteiger partial charge < -0.3 is 50.3 Å². The lowest BCUT2D eigenvalue weighted by Gasteiger charge is -2.29. The average Bonchev–Trinajstić information content (AvgIpc) is 2.90. The number of esters is 1. The van der Waals surface area contributed by atoms with Crippen LogP contribution >= 0.6 is 0 Å². The molecular weight excluding hydrogens is 348 g/mol. The van der Waals surface area contributed by atoms with Gasteiger partial charge in [-0.15, -0.1) is 0 Å². The topological polar surface area (TPSA) is 214 Å². The summed E-state index contributed by atoms with van der Waals surface area (Å²) in [5, 5.41) is 74.7. The van der Waals surface area contributed by atoms with E-state index in [-0.39, 0.29) is 0 Å². The number of hydrogen-bond acceptors (Lipinski definition) is 12. The maximum Gasteiger partial charge on any atom is 0.378 e. The van der Waals surface area contributed by atoms with Crippen molar-refractivity contribution in [3.05, 3.63) is 0 Å². The smallest absolute Gasteiger partial charge is 0.378 e. The van der Waals surface area contributed by atoms with E-state index in [1.165, 1.54) is 0 Å². The Kier molecular flexibility index (Phi) is 8.27. The van der Waals surface area contributed by atoms with Gasteiger partial charge in [-0.1, -0.05) is 0 Å². The van der Waals surface area contributed by atoms with Gasteiger partial charge in [0.1, 0.15) is 36.6 Å². The van der Waals surface area contributed by atoms with Gasteiger partial charge in [0.2, 0.25) is 0 Å². The highest BCUT2D eigenvalue weighted by molar-refractivity contribution is 6.37. The quantitative estimate of drug-likeness (QED) is 0.133. The molecule has 1 aliphatic heterocycles. The van der Waals surface area contributed by atoms with Crippen LogP contribution in [-0.4, -0.2) is 121 Å². The Bertz CT molecular complexity index is 456. The first-order valence-corrected chi connectivity index (χ1v) is 7.32. The molecule has 1 saturated heterocycles. The Morgan fingerprint density at radius 2 is 1.44 bits per heavy atom. The molecule has 0 aliphatic carbocycles. The lowest BCUT2D eigenvalue weighted by atomic mass is 9.99. The Morgan fingerprint density at radius 1 is 0.880 bits per heavy atom. The van der Waals surface area contributed by atoms with Gasteiger partial charge in [0.25, 0.3) is 5.78 Å². The molecule has 1 unspecified atom stereocenters. The van der Waals surface area contributed by atoms with Gasteiger partial charge in [-0.25, -0.2) is 4.79 Å². The van der Waals surface area contributed by atoms with Crippen LogP contribution in [0.2, 0.25) is 0 Å². The number of carbonyl (C=O) groups is 2. The van der Waals surface area contributed by atoms with E-state index in [0.717, 1.165) is 0 Å². The van der Waals surface area contributed by atoms with Gasteiger partial charge in [0.15, 0.2) is 12.2 Å². The number of rotatable bonds is 10. The third-order valence-corrected chi connectivity index (χ3v) is 3.69. The molecule has 0 amide bonds. The molecule has 25 heavy (non-hydrogen) atoms. The van der Waals surface area contributed by atoms with E-state index >= 15 is 0 Å². The lowest BCUT2D eigenvalue weighted by molar-refractivity contribution is -0.161. The van der Waals surface area contributed by atoms with Crippen LogP contribution in [0, 0.1) is 0 Å². The number of ketones is 1. The zero-order valence-electron chi connectivity index (χ0n) is 13.0. The third kappa shape index (κ3) is 5.13. The minimum Gasteiger partial charge on any atom is -0.450 e. The second-order valence-corrected chi connectivity index (χ2v) is 5.53. The first-order chi connectivity index (χ1) is 11.6. The molecule has 12 heteroatoms. The summed E-state index contributed by atoms with van der Waals surface area (Å²) in [6.07, 6.45) is -14.5. The van der Waals surface area contributed by atoms with E-state index < -0.39 is 80.4 Å². The van der Waals surface area contributed by atoms with E-state index in [1.807, 2.05) is 0 Å². The normalized spacial score (nSPS) is 28.2. The van der Waals surface area contributed by atoms with Gasteiger partial charge in [-0.3, -0.25) is 4.79 Å². The molecule has 146 valence electrons. The van der Waals surface area contributed by atoms with Crippen LogP contribution < -0.4 is 0 Å². The van der Waals surface area contributed by atoms with Gasteiger partial charge in [0, 0.05) is 0 Å². The molecule has 0 bridgehead atoms. The van der Waals surface area contributed by atoms with Crippen molar-refractivity contribution in [2.75, 3.05) is 19.8 Å². The zero-order valence-corrected chi connectivity index (χ0v) is 13.0. The number of cyclic esters (lactones) is 1. The van der Waals surface area contributed by atoms with Crippen LogP contribution in [0.25, 0.3) is 0 Å². The molecule has 0 spiro atoms. The molecule has 1 aliphatic rings. The summed E-state index contributed by atoms with van der Waals surface area (Å²) in [6.45, 7) is -2.56. The summed E-state index contributed by atoms with van der Waals surface area (Å²) in [5.74, 6) is -2.48. The fourth-order valence-corrected chi connectivity index (χ4v) is 2.13. The molecular formula is C13H22O12. The highest BCUT2D eigenvalue weighted by Gasteiger charge is 2.48. The molecule has 0 saturated carbocycles. The molecule has 0 aromatic carbocycles. The fraction of sp³-hybridized carbons (Fsp3) is 0.846. The SMILES string of the molecule is O=C1O[C@H]([C@H](O)CO)C(OC[C@@H](O)[C@@H](O)[C@H](O)[C@H](O)[C@@H](O)CO)C1=O. The monoisotopic (exact) mass is 370 g/mol. The third-order valence-electron chi connectivity index (χ3n) is 3.69. The van der Waals surface area contributed by atoms with Crippen molar-refractivity contribution in [3.8, 4) is 0 Å². The van der Waals surface area contributed by atoms with E-state index in [2.05, 4.69) is 4.74 Å². The maximum atomic E-state index is 11.6. The lowest BCUT2D eigenvalue weighted by Crippen LogP contribution is -2.51. The van der Waals surface area contributed by atoms with Gasteiger partial charge in [0.05, 0.1) is 19.8 Å². The minimum absolute atomic E-state index is 0.818. The predicted octanol–water partition coefficient (Wildman–Crippen LogP) is -5.98. The molecule has 12 nitrogen and oxygen atoms in total. The van der Waals surface area contributed by atoms with Gasteiger partial charge in [-0.2, -0.15) is 0 Å². The summed E-state index contributed by atoms with van der Waals surface area (Å²) in [6, 6.07) is 0. The molecule has 8 atom stereocenters. The molecule has 1 fully saturated rings. The Labute approximate surface area is 141 Å². The van der Waals surface area contributed by atoms with Crippen molar-refractivity contribution >= 4 is 11.8 Å². The van der Waals surface area contributed by atoms with Crippen molar-refractivity contribution in [3.63, 3.8) is 0 Å². The van der Waals surface area contributed by atoms with Crippen LogP contribution in [0.4, 0.5) is 0 Å². The maximum absolute atomic E-state index is 11.6. The summed E-state index contributed by atoms with van der Waals surface area (Å²) >= 11 is 0. The first-order valence-electron chi connectivity index (χ1n) is 7.32. The zero-order chi connectivity index (χ0) is 19.3. The number of ether oxygens (including phenoxy) is 2. The summed E-state index contributed by atoms with van der Waals surface area (Å²) in [5.41, 5.74) is 0. The van der Waals surface area contributed by atoms with Crippen LogP contribution in [0.5, 0.6) is 0 Å². The Hall–Kier alpha value is -1.22. The Morgan fingerprint density at radius 3 is 1.96 bits per heavy atom. The van der Waals surface area contributed by atoms with E-state index in [9.17, 15) is 40.2 Å². The highest BCUT2D eigenvalue weighted by atomic mass is 16.6. The number of Topliss-reactive ketones (excluding diaryl/α,β-unsaturated/α-hetero) is 1. The minimum atomic E-state index is -2.06. The highest BCUT2D eigenvalue weighted by Crippen LogP contribution is 2.20. The second kappa shape index (κ2) is 9.47. The molecule has 1 rings (SSSR count). The summed E-state index contributed by atoms with van der Waals surface area (Å²) in [4.78, 5) is 22.8. The molecule has 1 heterocycles. The predicted molar refractivity (Wildman–Crippen MR) is 74.8 cm³/mol. The van der Waals surface area contributed by atoms with Crippen molar-refractivity contribution in [2.45, 2.75) is 48.8 Å². The Balaban J connectivity index is 2.65. The van der Waals surface area contributed by atoms with Gasteiger partial charge >= 0.3 is 5.97 Å². The molecule has 0 aromatic rings. The molecule has 8 N–H and O–H groups in total. The van der Waals surface area contributed by atoms with E-state index in [1.54, 1.807) is 0 Å². The fourth-order valence-electron chi connectivity index (χ4n) is 2.13. The van der Waals surface area contributed by atoms with Crippen LogP contribution in [-0.2, 0) is 19.1 Å². The largest absolute Gasteiger partial charge is 0.450 e. The second-order valence-electron chi connectivity index (χ2n) is 5.53. The van der Waals surface area contributed by atoms with Gasteiger partial charge in [-0.05, 0) is 0 Å². The van der Waals surface area contributed by atoms with Crippen molar-refractivity contribution in [1.29, 1.82) is 0 Å². The number of carbonyl (C=O) groups excluding carboxylic acids is 2. The van der Waals surface area contributed by atoms with Crippen LogP contribution in [0.1, 0.15) is 0 Å². The average molecular weight is 370 g/mol. The van der Waals surface area contributed by atoms with Crippen LogP contribution in [0.3, 0.4) is 0 Å². The number of hydrogen-bond donors (Lipinski definition) is 8. The van der Waals surface area contributed by atoms with Crippen molar-refractivity contribution in [2.24, 2.45) is 0 Å². The van der Waals surface area contributed by atoms with E-state index in [4.69, 9.17) is 14.9 Å². The number of aliphatic hydroxyl groups excluding tert-OH is 8. The first kappa shape index (κ1) is 21.8. The summed E-state index contributed by atoms with van der Waals surface area (Å²) in [7, 11) is 0. The molecule has 0 radical (unpaired) electrons. The van der Waals surface area contributed by atoms with Crippen LogP contribution in [0.15, 0.2) is 0 Å². The van der Waals surface area contributed by atoms with Crippen molar-refractivity contribution < 1.29 is 59.9 Å². The molecule has 0 aromatic heterocycles. The van der Waals surface area contributed by atoms with Crippen molar-refractivity contribution in [1.82, 2.24) is 0 Å².